The molecule has 4 N–H and O–H groups in total. The highest BCUT2D eigenvalue weighted by atomic mass is 16.5. The topological polar surface area (TPSA) is 192 Å². The molecule has 0 aliphatic heterocycles. The first-order valence-electron chi connectivity index (χ1n) is 60.2. The maximum atomic E-state index is 9.73. The molecular formula is C134H208O16. The summed E-state index contributed by atoms with van der Waals surface area (Å²) >= 11 is 0. The number of aliphatic hydroxyl groups excluding tert-OH is 4. The smallest absolute Gasteiger partial charge is 0.123 e. The molecule has 0 aromatic heterocycles. The lowest BCUT2D eigenvalue weighted by Gasteiger charge is -2.22. The predicted octanol–water partition coefficient (Wildman–Crippen LogP) is 34.8. The molecule has 8 aromatic carbocycles. The van der Waals surface area contributed by atoms with Crippen LogP contribution in [0.3, 0.4) is 0 Å². The van der Waals surface area contributed by atoms with Crippen LogP contribution in [0.5, 0.6) is 69.0 Å². The van der Waals surface area contributed by atoms with Gasteiger partial charge in [0, 0.05) is 24.3 Å². The van der Waals surface area contributed by atoms with Gasteiger partial charge in [-0.2, -0.15) is 0 Å². The van der Waals surface area contributed by atoms with Gasteiger partial charge in [-0.3, -0.25) is 0 Å². The van der Waals surface area contributed by atoms with E-state index in [0.717, 1.165) is 263 Å². The molecule has 0 amide bonds. The van der Waals surface area contributed by atoms with E-state index < -0.39 is 0 Å². The van der Waals surface area contributed by atoms with Crippen LogP contribution >= 0.6 is 0 Å². The van der Waals surface area contributed by atoms with Crippen molar-refractivity contribution in [2.24, 2.45) is 47.3 Å². The van der Waals surface area contributed by atoms with Crippen molar-refractivity contribution in [3.63, 3.8) is 0 Å². The average molecular weight is 2080 g/mol. The number of ether oxygens (including phenoxy) is 12. The van der Waals surface area contributed by atoms with Gasteiger partial charge in [0.15, 0.2) is 0 Å². The molecule has 0 saturated heterocycles. The van der Waals surface area contributed by atoms with Gasteiger partial charge in [0.2, 0.25) is 0 Å². The van der Waals surface area contributed by atoms with Crippen LogP contribution in [0.2, 0.25) is 0 Å². The minimum Gasteiger partial charge on any atom is -0.493 e. The minimum absolute atomic E-state index is 0.241. The molecule has 0 unspecified atom stereocenters. The zero-order valence-corrected chi connectivity index (χ0v) is 96.6. The molecule has 14 rings (SSSR count). The largest absolute Gasteiger partial charge is 0.493 e. The Morgan fingerprint density at radius 1 is 0.193 bits per heavy atom. The van der Waals surface area contributed by atoms with Gasteiger partial charge in [-0.05, 0) is 348 Å². The van der Waals surface area contributed by atoms with Crippen molar-refractivity contribution in [3.05, 3.63) is 216 Å². The summed E-state index contributed by atoms with van der Waals surface area (Å²) in [6.45, 7) is 40.4. The Morgan fingerprint density at radius 3 is 0.540 bits per heavy atom. The summed E-state index contributed by atoms with van der Waals surface area (Å²) in [5, 5.41) is 38.7. The van der Waals surface area contributed by atoms with Crippen LogP contribution in [0.25, 0.3) is 0 Å². The molecule has 8 atom stereocenters. The maximum absolute atomic E-state index is 9.73. The zero-order chi connectivity index (χ0) is 108. The summed E-state index contributed by atoms with van der Waals surface area (Å²) in [5.74, 6) is 16.8. The molecule has 6 aliphatic carbocycles. The van der Waals surface area contributed by atoms with Crippen LogP contribution in [0.15, 0.2) is 194 Å². The van der Waals surface area contributed by atoms with Gasteiger partial charge in [-0.15, -0.1) is 0 Å². The van der Waals surface area contributed by atoms with E-state index in [1.54, 1.807) is 0 Å². The number of rotatable bonds is 52. The average Bonchev–Trinajstić information content (AvgIpc) is 1.79. The number of aliphatic hydroxyl groups is 4. The van der Waals surface area contributed by atoms with Crippen LogP contribution in [0, 0.1) is 47.3 Å². The highest BCUT2D eigenvalue weighted by Crippen LogP contribution is 2.35. The van der Waals surface area contributed by atoms with E-state index in [-0.39, 0.29) is 48.8 Å². The Hall–Kier alpha value is -8.80. The normalized spacial score (nSPS) is 16.8. The van der Waals surface area contributed by atoms with Gasteiger partial charge in [0.05, 0.1) is 102 Å². The van der Waals surface area contributed by atoms with Crippen molar-refractivity contribution >= 4 is 0 Å². The second kappa shape index (κ2) is 79.2. The maximum Gasteiger partial charge on any atom is 0.123 e. The lowest BCUT2D eigenvalue weighted by Crippen LogP contribution is -2.15. The molecular weight excluding hydrogens is 1870 g/mol. The Morgan fingerprint density at radius 2 is 0.353 bits per heavy atom. The number of benzene rings is 8. The molecule has 8 aromatic rings. The monoisotopic (exact) mass is 2070 g/mol. The third-order valence-corrected chi connectivity index (χ3v) is 30.8. The van der Waals surface area contributed by atoms with Crippen LogP contribution in [-0.4, -0.2) is 122 Å². The molecule has 0 radical (unpaired) electrons. The van der Waals surface area contributed by atoms with Crippen molar-refractivity contribution in [1.29, 1.82) is 0 Å². The fourth-order valence-electron chi connectivity index (χ4n) is 19.4. The summed E-state index contributed by atoms with van der Waals surface area (Å²) in [6, 6.07) is 64.6. The van der Waals surface area contributed by atoms with Gasteiger partial charge < -0.3 is 77.3 Å². The molecule has 0 spiro atoms. The minimum atomic E-state index is -0.251. The third kappa shape index (κ3) is 57.4. The van der Waals surface area contributed by atoms with Crippen LogP contribution in [0.4, 0.5) is 0 Å². The van der Waals surface area contributed by atoms with Crippen LogP contribution in [0.1, 0.15) is 403 Å². The van der Waals surface area contributed by atoms with E-state index in [1.807, 2.05) is 185 Å². The van der Waals surface area contributed by atoms with E-state index in [2.05, 4.69) is 119 Å². The van der Waals surface area contributed by atoms with E-state index in [9.17, 15) is 20.4 Å². The molecule has 0 heterocycles. The Balaban J connectivity index is 0.000000232. The van der Waals surface area contributed by atoms with Crippen LogP contribution < -0.4 is 56.8 Å². The molecule has 150 heavy (non-hydrogen) atoms. The fraction of sp³-hybridized carbons (Fsp3) is 0.642. The lowest BCUT2D eigenvalue weighted by atomic mass is 9.90. The number of hydrogen-bond acceptors (Lipinski definition) is 16. The zero-order valence-electron chi connectivity index (χ0n) is 96.6. The van der Waals surface area contributed by atoms with E-state index >= 15 is 0 Å². The highest BCUT2D eigenvalue weighted by Gasteiger charge is 2.23. The number of hydrogen-bond donors (Lipinski definition) is 4. The molecule has 6 saturated carbocycles. The first kappa shape index (κ1) is 128. The Labute approximate surface area is 912 Å². The first-order valence-corrected chi connectivity index (χ1v) is 60.2. The quantitative estimate of drug-likeness (QED) is 0.0263. The molecule has 16 nitrogen and oxygen atoms in total. The highest BCUT2D eigenvalue weighted by molar-refractivity contribution is 5.38. The Bertz CT molecular complexity index is 4200. The molecule has 840 valence electrons. The van der Waals surface area contributed by atoms with Crippen molar-refractivity contribution in [2.45, 2.75) is 455 Å². The first-order chi connectivity index (χ1) is 73.0. The molecule has 16 heteroatoms. The van der Waals surface area contributed by atoms with Crippen molar-refractivity contribution in [2.75, 3.05) is 52.9 Å². The van der Waals surface area contributed by atoms with Crippen molar-refractivity contribution in [1.82, 2.24) is 0 Å². The molecule has 6 aliphatic rings. The Kier molecular flexibility index (Phi) is 67.6. The van der Waals surface area contributed by atoms with E-state index in [1.165, 1.54) is 205 Å². The molecule has 6 fully saturated rings. The summed E-state index contributed by atoms with van der Waals surface area (Å²) in [5.41, 5.74) is 4.63. The van der Waals surface area contributed by atoms with Gasteiger partial charge in [-0.25, -0.2) is 0 Å². The van der Waals surface area contributed by atoms with Gasteiger partial charge in [0.25, 0.3) is 0 Å². The lowest BCUT2D eigenvalue weighted by molar-refractivity contribution is 0.170. The predicted molar refractivity (Wildman–Crippen MR) is 625 cm³/mol. The van der Waals surface area contributed by atoms with Crippen molar-refractivity contribution < 1.29 is 77.3 Å². The fourth-order valence-corrected chi connectivity index (χ4v) is 19.4. The van der Waals surface area contributed by atoms with Crippen LogP contribution in [-0.2, 0) is 25.7 Å². The van der Waals surface area contributed by atoms with Gasteiger partial charge >= 0.3 is 0 Å². The summed E-state index contributed by atoms with van der Waals surface area (Å²) in [7, 11) is 0. The SMILES string of the molecule is CCC(CC)COc1cccc(C[C@H](O)CC)c1.CCC(CC)COc1cccc(O[C@H](C)CC)c1.CC[C@H](C)Oc1cccc(OCC2CCCC2)c1.CC[C@H](C)Oc1cccc(OCC2CCCCC2)c1.CC[C@H](C)Oc1cccc(OCC2CCCCCC2)c1.CC[C@H](O)Cc1cccc(OCC2CCCC2)c1.CC[C@H](O)Cc1cccc(OCC2CCCCC2)c1.CC[C@H](O)Cc1cccc(OCC2CCCCCC2)c1. The summed E-state index contributed by atoms with van der Waals surface area (Å²) in [4.78, 5) is 0. The van der Waals surface area contributed by atoms with E-state index in [4.69, 9.17) is 56.8 Å². The molecule has 0 bridgehead atoms. The van der Waals surface area contributed by atoms with Crippen molar-refractivity contribution in [3.8, 4) is 69.0 Å². The van der Waals surface area contributed by atoms with E-state index in [0.29, 0.717) is 18.3 Å². The summed E-state index contributed by atoms with van der Waals surface area (Å²) < 4.78 is 70.4. The second-order valence-electron chi connectivity index (χ2n) is 43.8. The van der Waals surface area contributed by atoms with Gasteiger partial charge in [0.1, 0.15) is 69.0 Å². The standard InChI is InChI=1S/2C18H28O2.2C17H26O2.2C16H24O2.2C16H26O2/c1-3-15(2)20-18-12-8-11-17(13-18)19-14-16-9-6-4-5-7-10-16;1-2-17(19)12-16-10-7-11-18(13-16)20-14-15-8-5-3-4-6-9-15;1-3-14(2)19-17-11-7-10-16(12-17)18-13-15-8-5-4-6-9-15;1-2-16(18)11-15-9-6-10-17(12-15)19-13-14-7-4-3-5-8-14;1-3-13(2)18-16-10-6-9-15(11-16)17-12-14-7-4-5-8-14;1-2-15(17)10-14-8-5-9-16(11-14)18-12-13-6-3-4-7-13;1-5-13(4)18-16-10-8-9-15(11-16)17-12-14(6-2)7-3;1-4-13(5-2)12-18-16-9-7-8-14(11-16)10-15(17)6-3/h8,11-13,15-16H,3-7,9-10,14H2,1-2H3;7,10-11,13,15,17,19H,2-6,8-9,12,14H2,1H3;7,10-12,14-15H,3-6,8-9,13H2,1-2H3;6,9-10,12,14,16,18H,2-5,7-8,11,13H2,1H3;6,9-11,13-14H,3-5,7-8,12H2,1-2H3;5,8-9,11,13,15,17H,2-4,6-7,10,12H2,1H3;8-11,13-14H,5-7,12H2,1-4H3;7-9,11,13,15,17H,4-6,10,12H2,1-3H3/t15-;17-;14-;16-;13-;15-;13-;15-/m00000011/s1. The van der Waals surface area contributed by atoms with Gasteiger partial charge in [-0.1, -0.05) is 297 Å². The second-order valence-corrected chi connectivity index (χ2v) is 43.8. The third-order valence-electron chi connectivity index (χ3n) is 30.8. The summed E-state index contributed by atoms with van der Waals surface area (Å²) in [6.07, 6.45) is 55.3.